The van der Waals surface area contributed by atoms with Crippen molar-refractivity contribution in [3.8, 4) is 11.5 Å². The third-order valence-electron chi connectivity index (χ3n) is 3.93. The van der Waals surface area contributed by atoms with Crippen LogP contribution in [0.1, 0.15) is 18.4 Å². The maximum absolute atomic E-state index is 12.5. The minimum Gasteiger partial charge on any atom is -0.493 e. The molecule has 1 heterocycles. The summed E-state index contributed by atoms with van der Waals surface area (Å²) in [5.74, 6) is 0.319. The summed E-state index contributed by atoms with van der Waals surface area (Å²) in [5.41, 5.74) is 0.714. The zero-order chi connectivity index (χ0) is 16.8. The number of nitrogens with one attached hydrogen (secondary N) is 1. The fourth-order valence-electron chi connectivity index (χ4n) is 2.74. The van der Waals surface area contributed by atoms with Gasteiger partial charge in [-0.2, -0.15) is 8.78 Å². The van der Waals surface area contributed by atoms with Crippen LogP contribution in [0.4, 0.5) is 8.78 Å². The highest BCUT2D eigenvalue weighted by atomic mass is 19.3. The van der Waals surface area contributed by atoms with Crippen molar-refractivity contribution in [3.05, 3.63) is 23.8 Å². The van der Waals surface area contributed by atoms with E-state index < -0.39 is 6.61 Å². The van der Waals surface area contributed by atoms with E-state index in [9.17, 15) is 13.6 Å². The van der Waals surface area contributed by atoms with Crippen molar-refractivity contribution >= 4 is 5.91 Å². The molecule has 0 unspecified atom stereocenters. The minimum absolute atomic E-state index is 0.0243. The molecule has 0 saturated carbocycles. The van der Waals surface area contributed by atoms with Crippen molar-refractivity contribution in [1.29, 1.82) is 0 Å². The van der Waals surface area contributed by atoms with E-state index >= 15 is 0 Å². The quantitative estimate of drug-likeness (QED) is 0.870. The number of alkyl halides is 2. The number of nitrogens with zero attached hydrogens (tertiary/aromatic N) is 1. The maximum atomic E-state index is 12.5. The molecule has 0 aromatic heterocycles. The summed E-state index contributed by atoms with van der Waals surface area (Å²) < 4.78 is 34.4. The first-order valence-electron chi connectivity index (χ1n) is 7.58. The molecule has 0 spiro atoms. The Balaban J connectivity index is 2.04. The van der Waals surface area contributed by atoms with Crippen molar-refractivity contribution in [2.24, 2.45) is 5.92 Å². The molecule has 1 N–H and O–H groups in total. The van der Waals surface area contributed by atoms with Crippen LogP contribution in [0.5, 0.6) is 11.5 Å². The average molecular weight is 328 g/mol. The van der Waals surface area contributed by atoms with E-state index in [1.54, 1.807) is 24.1 Å². The van der Waals surface area contributed by atoms with Crippen LogP contribution in [0.15, 0.2) is 18.2 Å². The van der Waals surface area contributed by atoms with Crippen LogP contribution in [0, 0.1) is 5.92 Å². The van der Waals surface area contributed by atoms with Crippen LogP contribution < -0.4 is 14.8 Å². The lowest BCUT2D eigenvalue weighted by Gasteiger charge is -2.27. The standard InChI is InChI=1S/C16H22F2N2O3/c1-20(15(21)12-5-7-19-8-6-12)10-11-3-4-13(22-2)14(9-11)23-16(17)18/h3-4,9,12,16,19H,5-8,10H2,1-2H3. The van der Waals surface area contributed by atoms with Gasteiger partial charge in [-0.3, -0.25) is 4.79 Å². The van der Waals surface area contributed by atoms with Crippen molar-refractivity contribution in [1.82, 2.24) is 10.2 Å². The van der Waals surface area contributed by atoms with Crippen LogP contribution in [0.25, 0.3) is 0 Å². The molecule has 128 valence electrons. The highest BCUT2D eigenvalue weighted by Crippen LogP contribution is 2.30. The number of carbonyl (C=O) groups is 1. The molecule has 1 fully saturated rings. The lowest BCUT2D eigenvalue weighted by molar-refractivity contribution is -0.135. The summed E-state index contributed by atoms with van der Waals surface area (Å²) in [6.07, 6.45) is 1.65. The first kappa shape index (κ1) is 17.5. The molecular formula is C16H22F2N2O3. The van der Waals surface area contributed by atoms with Crippen molar-refractivity contribution in [2.75, 3.05) is 27.2 Å². The molecule has 1 amide bonds. The van der Waals surface area contributed by atoms with E-state index in [2.05, 4.69) is 10.1 Å². The van der Waals surface area contributed by atoms with Crippen LogP contribution in [-0.4, -0.2) is 44.7 Å². The molecule has 1 aromatic carbocycles. The smallest absolute Gasteiger partial charge is 0.387 e. The highest BCUT2D eigenvalue weighted by molar-refractivity contribution is 5.78. The molecule has 5 nitrogen and oxygen atoms in total. The Labute approximate surface area is 134 Å². The number of piperidine rings is 1. The Bertz CT molecular complexity index is 534. The van der Waals surface area contributed by atoms with Gasteiger partial charge >= 0.3 is 6.61 Å². The first-order chi connectivity index (χ1) is 11.0. The Morgan fingerprint density at radius 3 is 2.65 bits per heavy atom. The van der Waals surface area contributed by atoms with Crippen LogP contribution >= 0.6 is 0 Å². The van der Waals surface area contributed by atoms with Gasteiger partial charge in [0.2, 0.25) is 5.91 Å². The molecule has 0 atom stereocenters. The normalized spacial score (nSPS) is 15.5. The number of hydrogen-bond acceptors (Lipinski definition) is 4. The van der Waals surface area contributed by atoms with Gasteiger partial charge in [0.05, 0.1) is 7.11 Å². The fourth-order valence-corrected chi connectivity index (χ4v) is 2.74. The van der Waals surface area contributed by atoms with Gasteiger partial charge in [-0.1, -0.05) is 6.07 Å². The largest absolute Gasteiger partial charge is 0.493 e. The van der Waals surface area contributed by atoms with Crippen molar-refractivity contribution in [3.63, 3.8) is 0 Å². The van der Waals surface area contributed by atoms with E-state index in [1.165, 1.54) is 13.2 Å². The van der Waals surface area contributed by atoms with E-state index in [4.69, 9.17) is 4.74 Å². The van der Waals surface area contributed by atoms with Crippen LogP contribution in [0.2, 0.25) is 0 Å². The second-order valence-corrected chi connectivity index (χ2v) is 5.58. The van der Waals surface area contributed by atoms with Crippen LogP contribution in [-0.2, 0) is 11.3 Å². The summed E-state index contributed by atoms with van der Waals surface area (Å²) in [6, 6.07) is 4.79. The van der Waals surface area contributed by atoms with E-state index in [0.29, 0.717) is 12.1 Å². The van der Waals surface area contributed by atoms with Gasteiger partial charge in [-0.25, -0.2) is 0 Å². The number of amides is 1. The number of hydrogen-bond donors (Lipinski definition) is 1. The van der Waals surface area contributed by atoms with Gasteiger partial charge in [0.25, 0.3) is 0 Å². The Hall–Kier alpha value is -1.89. The Kier molecular flexibility index (Phi) is 6.15. The lowest BCUT2D eigenvalue weighted by atomic mass is 9.96. The first-order valence-corrected chi connectivity index (χ1v) is 7.58. The van der Waals surface area contributed by atoms with Crippen molar-refractivity contribution < 1.29 is 23.0 Å². The molecule has 2 rings (SSSR count). The van der Waals surface area contributed by atoms with Gasteiger partial charge in [0.15, 0.2) is 11.5 Å². The Morgan fingerprint density at radius 1 is 1.35 bits per heavy atom. The highest BCUT2D eigenvalue weighted by Gasteiger charge is 2.24. The number of methoxy groups -OCH3 is 1. The van der Waals surface area contributed by atoms with Gasteiger partial charge < -0.3 is 19.7 Å². The summed E-state index contributed by atoms with van der Waals surface area (Å²) >= 11 is 0. The summed E-state index contributed by atoms with van der Waals surface area (Å²) in [5, 5.41) is 3.22. The van der Waals surface area contributed by atoms with Gasteiger partial charge in [0, 0.05) is 19.5 Å². The molecule has 1 aliphatic heterocycles. The summed E-state index contributed by atoms with van der Waals surface area (Å²) in [7, 11) is 3.11. The third-order valence-corrected chi connectivity index (χ3v) is 3.93. The van der Waals surface area contributed by atoms with E-state index in [-0.39, 0.29) is 23.3 Å². The number of carbonyl (C=O) groups excluding carboxylic acids is 1. The maximum Gasteiger partial charge on any atom is 0.387 e. The number of rotatable bonds is 6. The molecule has 7 heteroatoms. The van der Waals surface area contributed by atoms with Crippen molar-refractivity contribution in [2.45, 2.75) is 26.0 Å². The molecule has 0 aliphatic carbocycles. The monoisotopic (exact) mass is 328 g/mol. The molecule has 1 aliphatic rings. The fraction of sp³-hybridized carbons (Fsp3) is 0.562. The molecule has 0 bridgehead atoms. The predicted octanol–water partition coefficient (Wildman–Crippen LogP) is 2.25. The SMILES string of the molecule is COc1ccc(CN(C)C(=O)C2CCNCC2)cc1OC(F)F. The molecule has 1 saturated heterocycles. The zero-order valence-corrected chi connectivity index (χ0v) is 13.4. The summed E-state index contributed by atoms with van der Waals surface area (Å²) in [4.78, 5) is 14.0. The topological polar surface area (TPSA) is 50.8 Å². The second kappa shape index (κ2) is 8.10. The van der Waals surface area contributed by atoms with Gasteiger partial charge in [0.1, 0.15) is 0 Å². The van der Waals surface area contributed by atoms with E-state index in [0.717, 1.165) is 25.9 Å². The predicted molar refractivity (Wildman–Crippen MR) is 81.7 cm³/mol. The Morgan fingerprint density at radius 2 is 2.04 bits per heavy atom. The van der Waals surface area contributed by atoms with Gasteiger partial charge in [-0.15, -0.1) is 0 Å². The van der Waals surface area contributed by atoms with E-state index in [1.807, 2.05) is 0 Å². The third kappa shape index (κ3) is 4.79. The number of ether oxygens (including phenoxy) is 2. The number of benzene rings is 1. The average Bonchev–Trinajstić information content (AvgIpc) is 2.54. The lowest BCUT2D eigenvalue weighted by Crippen LogP contribution is -2.38. The minimum atomic E-state index is -2.92. The molecule has 23 heavy (non-hydrogen) atoms. The van der Waals surface area contributed by atoms with Crippen LogP contribution in [0.3, 0.4) is 0 Å². The molecule has 1 aromatic rings. The zero-order valence-electron chi connectivity index (χ0n) is 13.4. The molecule has 0 radical (unpaired) electrons. The number of halogens is 2. The summed E-state index contributed by atoms with van der Waals surface area (Å²) in [6.45, 7) is -0.891. The second-order valence-electron chi connectivity index (χ2n) is 5.58. The molecular weight excluding hydrogens is 306 g/mol. The van der Waals surface area contributed by atoms with Gasteiger partial charge in [-0.05, 0) is 43.6 Å².